The van der Waals surface area contributed by atoms with Crippen LogP contribution in [-0.4, -0.2) is 77.2 Å². The first kappa shape index (κ1) is 28.3. The summed E-state index contributed by atoms with van der Waals surface area (Å²) in [5.41, 5.74) is 3.36. The van der Waals surface area contributed by atoms with Crippen LogP contribution in [0.25, 0.3) is 0 Å². The Kier molecular flexibility index (Phi) is 9.68. The topological polar surface area (TPSA) is 77.1 Å². The summed E-state index contributed by atoms with van der Waals surface area (Å²) in [7, 11) is 5.70. The molecule has 3 aromatic rings. The Morgan fingerprint density at radius 1 is 0.872 bits per heavy atom. The summed E-state index contributed by atoms with van der Waals surface area (Å²) < 4.78 is 5.55. The molecule has 1 fully saturated rings. The highest BCUT2D eigenvalue weighted by atomic mass is 35.5. The lowest BCUT2D eigenvalue weighted by molar-refractivity contribution is 0.0951. The van der Waals surface area contributed by atoms with E-state index in [1.165, 1.54) is 0 Å². The number of methoxy groups -OCH3 is 1. The van der Waals surface area contributed by atoms with Crippen LogP contribution < -0.4 is 25.2 Å². The summed E-state index contributed by atoms with van der Waals surface area (Å²) in [5.74, 6) is 0.364. The average molecular weight is 550 g/mol. The van der Waals surface area contributed by atoms with E-state index in [1.54, 1.807) is 37.4 Å². The second kappa shape index (κ2) is 13.4. The number of ether oxygens (including phenoxy) is 1. The third kappa shape index (κ3) is 7.22. The molecular weight excluding hydrogens is 514 g/mol. The molecule has 0 aliphatic carbocycles. The third-order valence-electron chi connectivity index (χ3n) is 6.73. The molecule has 1 aliphatic rings. The molecule has 4 rings (SSSR count). The van der Waals surface area contributed by atoms with E-state index >= 15 is 0 Å². The Hall–Kier alpha value is -3.75. The maximum absolute atomic E-state index is 13.4. The zero-order valence-electron chi connectivity index (χ0n) is 22.7. The number of piperazine rings is 1. The van der Waals surface area contributed by atoms with Gasteiger partial charge in [-0.05, 0) is 69.5 Å². The molecular formula is C30H36ClN5O3. The Balaban J connectivity index is 1.53. The van der Waals surface area contributed by atoms with Crippen LogP contribution in [0.5, 0.6) is 5.75 Å². The number of amides is 2. The van der Waals surface area contributed by atoms with E-state index in [-0.39, 0.29) is 11.8 Å². The maximum atomic E-state index is 13.4. The van der Waals surface area contributed by atoms with Gasteiger partial charge in [0.1, 0.15) is 5.75 Å². The van der Waals surface area contributed by atoms with Gasteiger partial charge in [0.15, 0.2) is 0 Å². The van der Waals surface area contributed by atoms with Gasteiger partial charge >= 0.3 is 0 Å². The summed E-state index contributed by atoms with van der Waals surface area (Å²) in [5, 5.41) is 6.32. The standard InChI is InChI=1S/C30H36ClN5O3/c1-34(2)16-8-15-32-29(37)24-21-22(33-30(38)23-9-4-5-10-25(23)31)13-14-26(24)35-17-19-36(20-18-35)27-11-6-7-12-28(27)39-3/h4-7,9-14,21H,8,15-20H2,1-3H3,(H,32,37)(H,33,38). The molecule has 2 amide bonds. The number of benzene rings is 3. The number of nitrogens with zero attached hydrogens (tertiary/aromatic N) is 3. The molecule has 0 bridgehead atoms. The van der Waals surface area contributed by atoms with Gasteiger partial charge < -0.3 is 30.1 Å². The van der Waals surface area contributed by atoms with E-state index in [9.17, 15) is 9.59 Å². The average Bonchev–Trinajstić information content (AvgIpc) is 2.95. The maximum Gasteiger partial charge on any atom is 0.257 e. The zero-order valence-corrected chi connectivity index (χ0v) is 23.5. The van der Waals surface area contributed by atoms with Crippen molar-refractivity contribution in [1.29, 1.82) is 0 Å². The molecule has 206 valence electrons. The first-order valence-electron chi connectivity index (χ1n) is 13.1. The summed E-state index contributed by atoms with van der Waals surface area (Å²) in [4.78, 5) is 32.9. The molecule has 0 radical (unpaired) electrons. The van der Waals surface area contributed by atoms with Crippen molar-refractivity contribution < 1.29 is 14.3 Å². The Labute approximate surface area is 235 Å². The lowest BCUT2D eigenvalue weighted by Crippen LogP contribution is -2.47. The lowest BCUT2D eigenvalue weighted by atomic mass is 10.1. The van der Waals surface area contributed by atoms with Crippen molar-refractivity contribution in [2.75, 3.05) is 75.6 Å². The molecule has 0 atom stereocenters. The largest absolute Gasteiger partial charge is 0.495 e. The number of hydrogen-bond donors (Lipinski definition) is 2. The molecule has 0 unspecified atom stereocenters. The molecule has 0 saturated carbocycles. The fourth-order valence-electron chi connectivity index (χ4n) is 4.69. The highest BCUT2D eigenvalue weighted by molar-refractivity contribution is 6.34. The molecule has 0 spiro atoms. The minimum atomic E-state index is -0.323. The van der Waals surface area contributed by atoms with Crippen LogP contribution in [0.4, 0.5) is 17.1 Å². The summed E-state index contributed by atoms with van der Waals surface area (Å²) in [6.07, 6.45) is 0.842. The number of carbonyl (C=O) groups is 2. The number of halogens is 1. The summed E-state index contributed by atoms with van der Waals surface area (Å²) >= 11 is 6.22. The SMILES string of the molecule is COc1ccccc1N1CCN(c2ccc(NC(=O)c3ccccc3Cl)cc2C(=O)NCCCN(C)C)CC1. The monoisotopic (exact) mass is 549 g/mol. The number of anilines is 3. The van der Waals surface area contributed by atoms with Gasteiger partial charge in [-0.1, -0.05) is 35.9 Å². The first-order chi connectivity index (χ1) is 18.9. The van der Waals surface area contributed by atoms with E-state index in [4.69, 9.17) is 16.3 Å². The van der Waals surface area contributed by atoms with Crippen LogP contribution in [-0.2, 0) is 0 Å². The van der Waals surface area contributed by atoms with Crippen molar-refractivity contribution in [3.05, 3.63) is 82.9 Å². The van der Waals surface area contributed by atoms with Gasteiger partial charge in [-0.3, -0.25) is 9.59 Å². The predicted molar refractivity (Wildman–Crippen MR) is 159 cm³/mol. The van der Waals surface area contributed by atoms with Gasteiger partial charge in [-0.25, -0.2) is 0 Å². The van der Waals surface area contributed by atoms with Crippen LogP contribution in [0.1, 0.15) is 27.1 Å². The normalized spacial score (nSPS) is 13.4. The quantitative estimate of drug-likeness (QED) is 0.360. The van der Waals surface area contributed by atoms with Gasteiger partial charge in [-0.15, -0.1) is 0 Å². The van der Waals surface area contributed by atoms with Crippen LogP contribution in [0.3, 0.4) is 0 Å². The minimum absolute atomic E-state index is 0.162. The van der Waals surface area contributed by atoms with Crippen LogP contribution in [0.2, 0.25) is 5.02 Å². The predicted octanol–water partition coefficient (Wildman–Crippen LogP) is 4.61. The van der Waals surface area contributed by atoms with E-state index in [0.717, 1.165) is 56.3 Å². The van der Waals surface area contributed by atoms with Crippen molar-refractivity contribution in [3.8, 4) is 5.75 Å². The van der Waals surface area contributed by atoms with Gasteiger partial charge in [-0.2, -0.15) is 0 Å². The van der Waals surface area contributed by atoms with Gasteiger partial charge in [0, 0.05) is 44.1 Å². The smallest absolute Gasteiger partial charge is 0.257 e. The van der Waals surface area contributed by atoms with E-state index in [2.05, 4.69) is 31.4 Å². The van der Waals surface area contributed by atoms with Crippen molar-refractivity contribution in [2.24, 2.45) is 0 Å². The van der Waals surface area contributed by atoms with Crippen molar-refractivity contribution in [1.82, 2.24) is 10.2 Å². The number of nitrogens with one attached hydrogen (secondary N) is 2. The van der Waals surface area contributed by atoms with E-state index in [0.29, 0.717) is 28.4 Å². The van der Waals surface area contributed by atoms with Crippen molar-refractivity contribution >= 4 is 40.5 Å². The van der Waals surface area contributed by atoms with Gasteiger partial charge in [0.05, 0.1) is 28.9 Å². The fraction of sp³-hybridized carbons (Fsp3) is 0.333. The lowest BCUT2D eigenvalue weighted by Gasteiger charge is -2.38. The van der Waals surface area contributed by atoms with Gasteiger partial charge in [0.25, 0.3) is 11.8 Å². The number of para-hydroxylation sites is 2. The van der Waals surface area contributed by atoms with Crippen molar-refractivity contribution in [2.45, 2.75) is 6.42 Å². The van der Waals surface area contributed by atoms with Crippen LogP contribution in [0.15, 0.2) is 66.7 Å². The Bertz CT molecular complexity index is 1290. The Morgan fingerprint density at radius 2 is 1.54 bits per heavy atom. The van der Waals surface area contributed by atoms with Crippen molar-refractivity contribution in [3.63, 3.8) is 0 Å². The highest BCUT2D eigenvalue weighted by Crippen LogP contribution is 2.31. The summed E-state index contributed by atoms with van der Waals surface area (Å²) in [6, 6.07) is 20.4. The molecule has 3 aromatic carbocycles. The zero-order chi connectivity index (χ0) is 27.8. The molecule has 2 N–H and O–H groups in total. The third-order valence-corrected chi connectivity index (χ3v) is 7.06. The first-order valence-corrected chi connectivity index (χ1v) is 13.5. The number of rotatable bonds is 10. The second-order valence-corrected chi connectivity index (χ2v) is 10.1. The molecule has 0 aromatic heterocycles. The molecule has 1 aliphatic heterocycles. The molecule has 1 heterocycles. The molecule has 1 saturated heterocycles. The fourth-order valence-corrected chi connectivity index (χ4v) is 4.91. The molecule has 9 heteroatoms. The Morgan fingerprint density at radius 3 is 2.23 bits per heavy atom. The van der Waals surface area contributed by atoms with E-state index in [1.807, 2.05) is 44.4 Å². The van der Waals surface area contributed by atoms with Crippen LogP contribution >= 0.6 is 11.6 Å². The highest BCUT2D eigenvalue weighted by Gasteiger charge is 2.24. The summed E-state index contributed by atoms with van der Waals surface area (Å²) in [6.45, 7) is 4.50. The molecule has 39 heavy (non-hydrogen) atoms. The number of carbonyl (C=O) groups excluding carboxylic acids is 2. The number of hydrogen-bond acceptors (Lipinski definition) is 6. The van der Waals surface area contributed by atoms with Gasteiger partial charge in [0.2, 0.25) is 0 Å². The molecule has 8 nitrogen and oxygen atoms in total. The second-order valence-electron chi connectivity index (χ2n) is 9.72. The van der Waals surface area contributed by atoms with E-state index < -0.39 is 0 Å². The van der Waals surface area contributed by atoms with Crippen LogP contribution in [0, 0.1) is 0 Å². The minimum Gasteiger partial charge on any atom is -0.495 e.